The predicted molar refractivity (Wildman–Crippen MR) is 104 cm³/mol. The number of nitrogens with zero attached hydrogens (tertiary/aromatic N) is 2. The topological polar surface area (TPSA) is 67.8 Å². The molecule has 0 unspecified atom stereocenters. The molecule has 6 nitrogen and oxygen atoms in total. The molecule has 0 saturated heterocycles. The molecule has 0 saturated carbocycles. The van der Waals surface area contributed by atoms with Crippen molar-refractivity contribution in [3.05, 3.63) is 59.2 Å². The van der Waals surface area contributed by atoms with Gasteiger partial charge in [-0.3, -0.25) is 4.98 Å². The molecular weight excluding hydrogens is 347 g/mol. The van der Waals surface area contributed by atoms with Crippen molar-refractivity contribution in [2.75, 3.05) is 26.9 Å². The van der Waals surface area contributed by atoms with E-state index >= 15 is 0 Å². The number of hydrogen-bond donors (Lipinski definition) is 2. The van der Waals surface area contributed by atoms with Gasteiger partial charge in [0, 0.05) is 25.4 Å². The molecule has 0 aliphatic rings. The van der Waals surface area contributed by atoms with Crippen LogP contribution in [-0.2, 0) is 17.8 Å². The summed E-state index contributed by atoms with van der Waals surface area (Å²) in [6.45, 7) is 6.38. The number of hydrogen-bond acceptors (Lipinski definition) is 4. The summed E-state index contributed by atoms with van der Waals surface area (Å²) in [5, 5.41) is 6.26. The molecule has 0 bridgehead atoms. The Bertz CT molecular complexity index is 753. The highest BCUT2D eigenvalue weighted by molar-refractivity contribution is 5.79. The zero-order valence-corrected chi connectivity index (χ0v) is 16.1. The second-order valence-corrected chi connectivity index (χ2v) is 5.93. The Labute approximate surface area is 159 Å². The Kier molecular flexibility index (Phi) is 8.51. The van der Waals surface area contributed by atoms with Gasteiger partial charge < -0.3 is 20.1 Å². The molecule has 1 aromatic heterocycles. The number of ether oxygens (including phenoxy) is 2. The SMILES string of the molecule is CCNC(=NCc1ccc(C)cc1OCCOC)NCc1ncccc1F. The van der Waals surface area contributed by atoms with Gasteiger partial charge in [0.05, 0.1) is 25.4 Å². The van der Waals surface area contributed by atoms with Crippen molar-refractivity contribution in [1.29, 1.82) is 0 Å². The van der Waals surface area contributed by atoms with Gasteiger partial charge in [0.1, 0.15) is 18.2 Å². The first kappa shape index (κ1) is 20.6. The van der Waals surface area contributed by atoms with Gasteiger partial charge in [0.15, 0.2) is 5.96 Å². The Morgan fingerprint density at radius 1 is 1.22 bits per heavy atom. The van der Waals surface area contributed by atoms with E-state index in [-0.39, 0.29) is 12.4 Å². The van der Waals surface area contributed by atoms with Gasteiger partial charge in [-0.25, -0.2) is 9.38 Å². The van der Waals surface area contributed by atoms with Gasteiger partial charge in [-0.2, -0.15) is 0 Å². The van der Waals surface area contributed by atoms with Crippen LogP contribution >= 0.6 is 0 Å². The first-order valence-electron chi connectivity index (χ1n) is 8.97. The van der Waals surface area contributed by atoms with E-state index in [1.165, 1.54) is 6.07 Å². The summed E-state index contributed by atoms with van der Waals surface area (Å²) in [6, 6.07) is 8.98. The maximum atomic E-state index is 13.7. The van der Waals surface area contributed by atoms with Crippen molar-refractivity contribution in [3.63, 3.8) is 0 Å². The first-order valence-corrected chi connectivity index (χ1v) is 8.97. The van der Waals surface area contributed by atoms with Crippen molar-refractivity contribution in [3.8, 4) is 5.75 Å². The van der Waals surface area contributed by atoms with E-state index in [1.54, 1.807) is 19.4 Å². The van der Waals surface area contributed by atoms with Gasteiger partial charge in [-0.15, -0.1) is 0 Å². The molecule has 27 heavy (non-hydrogen) atoms. The number of pyridine rings is 1. The molecule has 0 atom stereocenters. The number of rotatable bonds is 9. The zero-order chi connectivity index (χ0) is 19.5. The predicted octanol–water partition coefficient (Wildman–Crippen LogP) is 2.81. The number of methoxy groups -OCH3 is 1. The average molecular weight is 374 g/mol. The van der Waals surface area contributed by atoms with E-state index < -0.39 is 0 Å². The minimum absolute atomic E-state index is 0.254. The first-order chi connectivity index (χ1) is 13.1. The van der Waals surface area contributed by atoms with Gasteiger partial charge in [-0.05, 0) is 37.6 Å². The molecule has 2 rings (SSSR count). The zero-order valence-electron chi connectivity index (χ0n) is 16.1. The number of benzene rings is 1. The molecule has 2 aromatic rings. The standard InChI is InChI=1S/C20H27FN4O2/c1-4-22-20(25-14-18-17(21)6-5-9-23-18)24-13-16-8-7-15(2)12-19(16)27-11-10-26-3/h5-9,12H,4,10-11,13-14H2,1-3H3,(H2,22,24,25). The quantitative estimate of drug-likeness (QED) is 0.401. The lowest BCUT2D eigenvalue weighted by molar-refractivity contribution is 0.145. The summed E-state index contributed by atoms with van der Waals surface area (Å²) in [7, 11) is 1.64. The van der Waals surface area contributed by atoms with Gasteiger partial charge in [0.25, 0.3) is 0 Å². The summed E-state index contributed by atoms with van der Waals surface area (Å²) in [4.78, 5) is 8.62. The van der Waals surface area contributed by atoms with Crippen LogP contribution in [0.1, 0.15) is 23.7 Å². The number of aromatic nitrogens is 1. The molecule has 0 spiro atoms. The third kappa shape index (κ3) is 6.86. The highest BCUT2D eigenvalue weighted by Gasteiger charge is 2.07. The summed E-state index contributed by atoms with van der Waals surface area (Å²) >= 11 is 0. The Balaban J connectivity index is 2.06. The second-order valence-electron chi connectivity index (χ2n) is 5.93. The van der Waals surface area contributed by atoms with Crippen molar-refractivity contribution in [2.24, 2.45) is 4.99 Å². The monoisotopic (exact) mass is 374 g/mol. The van der Waals surface area contributed by atoms with Gasteiger partial charge >= 0.3 is 0 Å². The molecule has 0 amide bonds. The van der Waals surface area contributed by atoms with Gasteiger partial charge in [-0.1, -0.05) is 12.1 Å². The van der Waals surface area contributed by atoms with Crippen LogP contribution in [0.3, 0.4) is 0 Å². The fraction of sp³-hybridized carbons (Fsp3) is 0.400. The van der Waals surface area contributed by atoms with E-state index in [0.717, 1.165) is 16.9 Å². The molecule has 0 fully saturated rings. The van der Waals surface area contributed by atoms with E-state index in [1.807, 2.05) is 32.0 Å². The normalized spacial score (nSPS) is 11.3. The molecule has 7 heteroatoms. The molecule has 0 radical (unpaired) electrons. The smallest absolute Gasteiger partial charge is 0.191 e. The van der Waals surface area contributed by atoms with Crippen LogP contribution < -0.4 is 15.4 Å². The Morgan fingerprint density at radius 2 is 2.07 bits per heavy atom. The lowest BCUT2D eigenvalue weighted by atomic mass is 10.1. The Hall–Kier alpha value is -2.67. The fourth-order valence-corrected chi connectivity index (χ4v) is 2.38. The van der Waals surface area contributed by atoms with Crippen LogP contribution in [0, 0.1) is 12.7 Å². The molecular formula is C20H27FN4O2. The molecule has 2 N–H and O–H groups in total. The summed E-state index contributed by atoms with van der Waals surface area (Å²) in [6.07, 6.45) is 1.57. The van der Waals surface area contributed by atoms with Crippen LogP contribution in [0.5, 0.6) is 5.75 Å². The molecule has 146 valence electrons. The average Bonchev–Trinajstić information content (AvgIpc) is 2.66. The number of aliphatic imine (C=N–C) groups is 1. The maximum absolute atomic E-state index is 13.7. The highest BCUT2D eigenvalue weighted by atomic mass is 19.1. The molecule has 1 aromatic carbocycles. The van der Waals surface area contributed by atoms with Crippen molar-refractivity contribution in [1.82, 2.24) is 15.6 Å². The van der Waals surface area contributed by atoms with E-state index in [4.69, 9.17) is 9.47 Å². The van der Waals surface area contributed by atoms with Crippen LogP contribution in [0.15, 0.2) is 41.5 Å². The van der Waals surface area contributed by atoms with E-state index in [9.17, 15) is 4.39 Å². The van der Waals surface area contributed by atoms with Crippen LogP contribution in [0.25, 0.3) is 0 Å². The summed E-state index contributed by atoms with van der Waals surface area (Å²) in [5.41, 5.74) is 2.44. The highest BCUT2D eigenvalue weighted by Crippen LogP contribution is 2.21. The van der Waals surface area contributed by atoms with Crippen LogP contribution in [0.4, 0.5) is 4.39 Å². The van der Waals surface area contributed by atoms with Gasteiger partial charge in [0.2, 0.25) is 0 Å². The second kappa shape index (κ2) is 11.1. The number of guanidine groups is 1. The number of aryl methyl sites for hydroxylation is 1. The summed E-state index contributed by atoms with van der Waals surface area (Å²) in [5.74, 6) is 1.04. The van der Waals surface area contributed by atoms with Crippen molar-refractivity contribution >= 4 is 5.96 Å². The third-order valence-corrected chi connectivity index (χ3v) is 3.78. The third-order valence-electron chi connectivity index (χ3n) is 3.78. The van der Waals surface area contributed by atoms with Crippen LogP contribution in [0.2, 0.25) is 0 Å². The summed E-state index contributed by atoms with van der Waals surface area (Å²) < 4.78 is 24.6. The number of halogens is 1. The van der Waals surface area contributed by atoms with E-state index in [2.05, 4.69) is 20.6 Å². The maximum Gasteiger partial charge on any atom is 0.191 e. The number of nitrogens with one attached hydrogen (secondary N) is 2. The van der Waals surface area contributed by atoms with E-state index in [0.29, 0.717) is 38.0 Å². The molecule has 0 aliphatic heterocycles. The minimum atomic E-state index is -0.340. The largest absolute Gasteiger partial charge is 0.491 e. The molecule has 0 aliphatic carbocycles. The Morgan fingerprint density at radius 3 is 2.81 bits per heavy atom. The molecule has 1 heterocycles. The van der Waals surface area contributed by atoms with Crippen molar-refractivity contribution < 1.29 is 13.9 Å². The lowest BCUT2D eigenvalue weighted by Gasteiger charge is -2.13. The fourth-order valence-electron chi connectivity index (χ4n) is 2.38. The minimum Gasteiger partial charge on any atom is -0.491 e. The lowest BCUT2D eigenvalue weighted by Crippen LogP contribution is -2.37. The van der Waals surface area contributed by atoms with Crippen molar-refractivity contribution in [2.45, 2.75) is 26.9 Å². The van der Waals surface area contributed by atoms with Crippen LogP contribution in [-0.4, -0.2) is 37.8 Å².